The van der Waals surface area contributed by atoms with Gasteiger partial charge in [-0.2, -0.15) is 5.10 Å². The predicted molar refractivity (Wildman–Crippen MR) is 92.7 cm³/mol. The summed E-state index contributed by atoms with van der Waals surface area (Å²) >= 11 is 7.46. The van der Waals surface area contributed by atoms with Crippen LogP contribution in [0.15, 0.2) is 69.4 Å². The van der Waals surface area contributed by atoms with Crippen molar-refractivity contribution >= 4 is 33.2 Å². The Balaban J connectivity index is 1.90. The highest BCUT2D eigenvalue weighted by molar-refractivity contribution is 7.99. The Hall–Kier alpha value is -1.76. The van der Waals surface area contributed by atoms with E-state index in [-0.39, 0.29) is 0 Å². The number of sulfone groups is 1. The third-order valence-electron chi connectivity index (χ3n) is 3.22. The van der Waals surface area contributed by atoms with Gasteiger partial charge in [0.05, 0.1) is 21.7 Å². The summed E-state index contributed by atoms with van der Waals surface area (Å²) in [5.74, 6) is 0. The van der Waals surface area contributed by atoms with E-state index in [9.17, 15) is 8.42 Å². The molecule has 0 radical (unpaired) electrons. The number of H-pyrrole nitrogens is 1. The monoisotopic (exact) mass is 364 g/mol. The van der Waals surface area contributed by atoms with Gasteiger partial charge in [-0.15, -0.1) is 0 Å². The van der Waals surface area contributed by atoms with Crippen molar-refractivity contribution in [3.05, 3.63) is 59.8 Å². The van der Waals surface area contributed by atoms with Gasteiger partial charge < -0.3 is 0 Å². The van der Waals surface area contributed by atoms with Gasteiger partial charge in [0.2, 0.25) is 0 Å². The molecule has 7 heteroatoms. The first-order chi connectivity index (χ1) is 10.9. The van der Waals surface area contributed by atoms with Crippen LogP contribution in [0, 0.1) is 0 Å². The molecule has 0 fully saturated rings. The molecular weight excluding hydrogens is 352 g/mol. The number of nitrogens with one attached hydrogen (secondary N) is 1. The van der Waals surface area contributed by atoms with Crippen molar-refractivity contribution in [2.45, 2.75) is 14.7 Å². The van der Waals surface area contributed by atoms with Crippen LogP contribution in [0.2, 0.25) is 5.02 Å². The molecule has 0 bridgehead atoms. The number of hydrogen-bond acceptors (Lipinski definition) is 4. The summed E-state index contributed by atoms with van der Waals surface area (Å²) in [4.78, 5) is 2.30. The molecule has 0 saturated heterocycles. The summed E-state index contributed by atoms with van der Waals surface area (Å²) < 4.78 is 23.1. The van der Waals surface area contributed by atoms with Gasteiger partial charge in [0.1, 0.15) is 0 Å². The zero-order valence-corrected chi connectivity index (χ0v) is 14.5. The van der Waals surface area contributed by atoms with E-state index in [1.54, 1.807) is 42.2 Å². The summed E-state index contributed by atoms with van der Waals surface area (Å²) in [6.07, 6.45) is 2.94. The molecule has 2 aromatic carbocycles. The van der Waals surface area contributed by atoms with E-state index in [2.05, 4.69) is 10.2 Å². The van der Waals surface area contributed by atoms with Gasteiger partial charge in [-0.3, -0.25) is 5.10 Å². The highest BCUT2D eigenvalue weighted by Gasteiger charge is 2.11. The first-order valence-corrected chi connectivity index (χ1v) is 9.79. The standard InChI is InChI=1S/C16H13ClN2O2S2/c1-23(20,21)14-8-2-11(3-9-14)16-15(10-18-19-16)22-13-6-4-12(17)5-7-13/h2-10H,1H3,(H,18,19). The largest absolute Gasteiger partial charge is 0.277 e. The lowest BCUT2D eigenvalue weighted by atomic mass is 10.2. The van der Waals surface area contributed by atoms with Crippen molar-refractivity contribution in [2.24, 2.45) is 0 Å². The molecule has 0 unspecified atom stereocenters. The maximum Gasteiger partial charge on any atom is 0.175 e. The van der Waals surface area contributed by atoms with E-state index in [4.69, 9.17) is 11.6 Å². The van der Waals surface area contributed by atoms with E-state index in [0.717, 1.165) is 21.0 Å². The maximum atomic E-state index is 11.5. The number of halogens is 1. The minimum atomic E-state index is -3.19. The second kappa shape index (κ2) is 6.39. The first kappa shape index (κ1) is 16.1. The van der Waals surface area contributed by atoms with E-state index in [1.807, 2.05) is 24.3 Å². The van der Waals surface area contributed by atoms with Crippen LogP contribution in [0.3, 0.4) is 0 Å². The van der Waals surface area contributed by atoms with Gasteiger partial charge in [-0.05, 0) is 36.4 Å². The van der Waals surface area contributed by atoms with Gasteiger partial charge in [0.15, 0.2) is 9.84 Å². The van der Waals surface area contributed by atoms with Crippen LogP contribution in [0.25, 0.3) is 11.3 Å². The normalized spacial score (nSPS) is 11.6. The van der Waals surface area contributed by atoms with E-state index >= 15 is 0 Å². The number of rotatable bonds is 4. The third kappa shape index (κ3) is 3.77. The topological polar surface area (TPSA) is 62.8 Å². The molecule has 23 heavy (non-hydrogen) atoms. The Labute approximate surface area is 143 Å². The fraction of sp³-hybridized carbons (Fsp3) is 0.0625. The zero-order chi connectivity index (χ0) is 16.4. The molecule has 0 aliphatic heterocycles. The lowest BCUT2D eigenvalue weighted by Gasteiger charge is -2.05. The first-order valence-electron chi connectivity index (χ1n) is 6.71. The fourth-order valence-electron chi connectivity index (χ4n) is 2.06. The highest BCUT2D eigenvalue weighted by atomic mass is 35.5. The Morgan fingerprint density at radius 3 is 2.30 bits per heavy atom. The molecule has 0 saturated carbocycles. The molecule has 1 heterocycles. The summed E-state index contributed by atoms with van der Waals surface area (Å²) in [6.45, 7) is 0. The van der Waals surface area contributed by atoms with Crippen molar-refractivity contribution in [3.8, 4) is 11.3 Å². The molecular formula is C16H13ClN2O2S2. The van der Waals surface area contributed by atoms with Gasteiger partial charge >= 0.3 is 0 Å². The van der Waals surface area contributed by atoms with Crippen LogP contribution < -0.4 is 0 Å². The Kier molecular flexibility index (Phi) is 4.48. The number of hydrogen-bond donors (Lipinski definition) is 1. The minimum Gasteiger partial charge on any atom is -0.277 e. The molecule has 1 N–H and O–H groups in total. The summed E-state index contributed by atoms with van der Waals surface area (Å²) in [7, 11) is -3.19. The maximum absolute atomic E-state index is 11.5. The fourth-order valence-corrected chi connectivity index (χ4v) is 3.71. The lowest BCUT2D eigenvalue weighted by molar-refractivity contribution is 0.602. The van der Waals surface area contributed by atoms with Gasteiger partial charge in [0.25, 0.3) is 0 Å². The number of aromatic amines is 1. The van der Waals surface area contributed by atoms with Gasteiger partial charge in [-0.25, -0.2) is 8.42 Å². The average Bonchev–Trinajstić information content (AvgIpc) is 2.97. The Morgan fingerprint density at radius 1 is 1.04 bits per heavy atom. The van der Waals surface area contributed by atoms with E-state index < -0.39 is 9.84 Å². The van der Waals surface area contributed by atoms with Gasteiger partial charge in [-0.1, -0.05) is 35.5 Å². The molecule has 3 rings (SSSR count). The van der Waals surface area contributed by atoms with Crippen LogP contribution in [0.1, 0.15) is 0 Å². The molecule has 0 amide bonds. The van der Waals surface area contributed by atoms with Crippen LogP contribution >= 0.6 is 23.4 Å². The van der Waals surface area contributed by atoms with Crippen molar-refractivity contribution in [1.29, 1.82) is 0 Å². The number of nitrogens with zero attached hydrogens (tertiary/aromatic N) is 1. The van der Waals surface area contributed by atoms with E-state index in [1.165, 1.54) is 6.26 Å². The van der Waals surface area contributed by atoms with Crippen molar-refractivity contribution in [1.82, 2.24) is 10.2 Å². The van der Waals surface area contributed by atoms with Crippen molar-refractivity contribution < 1.29 is 8.42 Å². The average molecular weight is 365 g/mol. The molecule has 4 nitrogen and oxygen atoms in total. The van der Waals surface area contributed by atoms with Gasteiger partial charge in [0, 0.05) is 21.7 Å². The molecule has 118 valence electrons. The lowest BCUT2D eigenvalue weighted by Crippen LogP contribution is -1.96. The van der Waals surface area contributed by atoms with Crippen LogP contribution in [-0.2, 0) is 9.84 Å². The third-order valence-corrected chi connectivity index (χ3v) is 5.63. The summed E-state index contributed by atoms with van der Waals surface area (Å²) in [5, 5.41) is 7.75. The molecule has 1 aromatic heterocycles. The second-order valence-corrected chi connectivity index (χ2v) is 8.53. The van der Waals surface area contributed by atoms with Crippen molar-refractivity contribution in [3.63, 3.8) is 0 Å². The quantitative estimate of drug-likeness (QED) is 0.750. The minimum absolute atomic E-state index is 0.299. The number of benzene rings is 2. The second-order valence-electron chi connectivity index (χ2n) is 4.96. The smallest absolute Gasteiger partial charge is 0.175 e. The molecule has 0 atom stereocenters. The highest BCUT2D eigenvalue weighted by Crippen LogP contribution is 2.35. The summed E-state index contributed by atoms with van der Waals surface area (Å²) in [6, 6.07) is 14.3. The molecule has 3 aromatic rings. The Bertz CT molecular complexity index is 917. The van der Waals surface area contributed by atoms with Crippen LogP contribution in [0.4, 0.5) is 0 Å². The Morgan fingerprint density at radius 2 is 1.70 bits per heavy atom. The number of aromatic nitrogens is 2. The predicted octanol–water partition coefficient (Wildman–Crippen LogP) is 4.28. The van der Waals surface area contributed by atoms with Crippen LogP contribution in [0.5, 0.6) is 0 Å². The SMILES string of the molecule is CS(=O)(=O)c1ccc(-c2[nH]ncc2Sc2ccc(Cl)cc2)cc1. The molecule has 0 aliphatic rings. The van der Waals surface area contributed by atoms with Crippen LogP contribution in [-0.4, -0.2) is 24.9 Å². The zero-order valence-electron chi connectivity index (χ0n) is 12.2. The molecule has 0 aliphatic carbocycles. The summed E-state index contributed by atoms with van der Waals surface area (Å²) in [5.41, 5.74) is 1.73. The van der Waals surface area contributed by atoms with Crippen molar-refractivity contribution in [2.75, 3.05) is 6.26 Å². The molecule has 0 spiro atoms. The van der Waals surface area contributed by atoms with E-state index in [0.29, 0.717) is 9.92 Å².